The summed E-state index contributed by atoms with van der Waals surface area (Å²) in [5, 5.41) is 9.68. The van der Waals surface area contributed by atoms with Gasteiger partial charge in [-0.1, -0.05) is 66.7 Å². The van der Waals surface area contributed by atoms with E-state index in [0.717, 1.165) is 21.9 Å². The lowest BCUT2D eigenvalue weighted by molar-refractivity contribution is 0.0924. The fourth-order valence-corrected chi connectivity index (χ4v) is 4.13. The zero-order valence-electron chi connectivity index (χ0n) is 19.0. The van der Waals surface area contributed by atoms with Gasteiger partial charge in [0.25, 0.3) is 11.5 Å². The Labute approximate surface area is 196 Å². The van der Waals surface area contributed by atoms with Gasteiger partial charge < -0.3 is 15.2 Å². The van der Waals surface area contributed by atoms with Crippen LogP contribution in [0.3, 0.4) is 0 Å². The molecule has 0 aliphatic rings. The molecule has 0 saturated heterocycles. The van der Waals surface area contributed by atoms with Gasteiger partial charge in [-0.25, -0.2) is 4.52 Å². The standard InChI is InChI=1S/C27H25N5O2/c1-31(2)16-23(19-9-4-3-5-10-19)28-26(33)22-15-25-27(34)29-24(17-32(25)30-22)21-13-12-18-8-6-7-11-20(18)14-21/h3-15,17,23H,16H2,1-2H3,(H,28,33)(H,29,34)/t23-/m0/s1. The normalized spacial score (nSPS) is 12.3. The highest BCUT2D eigenvalue weighted by molar-refractivity contribution is 5.94. The molecule has 0 unspecified atom stereocenters. The number of nitrogens with zero attached hydrogens (tertiary/aromatic N) is 3. The van der Waals surface area contributed by atoms with Gasteiger partial charge in [0.15, 0.2) is 5.69 Å². The number of carbonyl (C=O) groups excluding carboxylic acids is 1. The number of hydrogen-bond acceptors (Lipinski definition) is 4. The summed E-state index contributed by atoms with van der Waals surface area (Å²) in [4.78, 5) is 30.8. The Bertz CT molecular complexity index is 1540. The first kappa shape index (κ1) is 21.6. The lowest BCUT2D eigenvalue weighted by Gasteiger charge is -2.22. The van der Waals surface area contributed by atoms with Crippen molar-refractivity contribution in [2.45, 2.75) is 6.04 Å². The van der Waals surface area contributed by atoms with Gasteiger partial charge in [0.1, 0.15) is 5.52 Å². The minimum absolute atomic E-state index is 0.195. The van der Waals surface area contributed by atoms with E-state index < -0.39 is 0 Å². The molecule has 5 rings (SSSR count). The minimum Gasteiger partial charge on any atom is -0.343 e. The second-order valence-corrected chi connectivity index (χ2v) is 8.62. The maximum Gasteiger partial charge on any atom is 0.274 e. The first-order valence-corrected chi connectivity index (χ1v) is 11.1. The van der Waals surface area contributed by atoms with Gasteiger partial charge in [0, 0.05) is 18.2 Å². The molecule has 0 fully saturated rings. The highest BCUT2D eigenvalue weighted by Gasteiger charge is 2.19. The number of amides is 1. The van der Waals surface area contributed by atoms with E-state index in [4.69, 9.17) is 0 Å². The van der Waals surface area contributed by atoms with Gasteiger partial charge in [0.2, 0.25) is 0 Å². The smallest absolute Gasteiger partial charge is 0.274 e. The van der Waals surface area contributed by atoms with E-state index in [9.17, 15) is 9.59 Å². The summed E-state index contributed by atoms with van der Waals surface area (Å²) < 4.78 is 1.47. The molecular weight excluding hydrogens is 426 g/mol. The molecule has 170 valence electrons. The number of nitrogens with one attached hydrogen (secondary N) is 2. The third kappa shape index (κ3) is 4.33. The molecule has 7 nitrogen and oxygen atoms in total. The third-order valence-corrected chi connectivity index (χ3v) is 5.82. The molecule has 0 bridgehead atoms. The van der Waals surface area contributed by atoms with Crippen molar-refractivity contribution >= 4 is 22.2 Å². The van der Waals surface area contributed by atoms with E-state index in [-0.39, 0.29) is 23.2 Å². The number of fused-ring (bicyclic) bond motifs is 2. The van der Waals surface area contributed by atoms with Crippen molar-refractivity contribution in [2.24, 2.45) is 0 Å². The Hall–Kier alpha value is -4.23. The van der Waals surface area contributed by atoms with Crippen molar-refractivity contribution in [3.8, 4) is 11.3 Å². The Morgan fingerprint density at radius 3 is 2.50 bits per heavy atom. The summed E-state index contributed by atoms with van der Waals surface area (Å²) in [6, 6.07) is 25.2. The average Bonchev–Trinajstić information content (AvgIpc) is 3.29. The summed E-state index contributed by atoms with van der Waals surface area (Å²) in [5.74, 6) is -0.328. The van der Waals surface area contributed by atoms with E-state index in [0.29, 0.717) is 17.8 Å². The second-order valence-electron chi connectivity index (χ2n) is 8.62. The van der Waals surface area contributed by atoms with Crippen LogP contribution >= 0.6 is 0 Å². The van der Waals surface area contributed by atoms with Crippen LogP contribution in [0.5, 0.6) is 0 Å². The van der Waals surface area contributed by atoms with Crippen LogP contribution in [0, 0.1) is 0 Å². The molecule has 1 atom stereocenters. The van der Waals surface area contributed by atoms with E-state index in [2.05, 4.69) is 15.4 Å². The maximum atomic E-state index is 13.1. The van der Waals surface area contributed by atoms with Crippen LogP contribution in [-0.4, -0.2) is 46.0 Å². The largest absolute Gasteiger partial charge is 0.343 e. The first-order valence-electron chi connectivity index (χ1n) is 11.1. The van der Waals surface area contributed by atoms with Crippen LogP contribution < -0.4 is 10.9 Å². The number of H-pyrrole nitrogens is 1. The van der Waals surface area contributed by atoms with Crippen molar-refractivity contribution < 1.29 is 4.79 Å². The van der Waals surface area contributed by atoms with Crippen molar-refractivity contribution in [1.82, 2.24) is 24.8 Å². The third-order valence-electron chi connectivity index (χ3n) is 5.82. The summed E-state index contributed by atoms with van der Waals surface area (Å²) in [6.07, 6.45) is 1.74. The van der Waals surface area contributed by atoms with Gasteiger partial charge in [-0.3, -0.25) is 9.59 Å². The molecule has 5 aromatic rings. The fraction of sp³-hybridized carbons (Fsp3) is 0.148. The number of aromatic nitrogens is 3. The molecule has 0 aliphatic heterocycles. The summed E-state index contributed by atoms with van der Waals surface area (Å²) in [5.41, 5.74) is 2.72. The first-order chi connectivity index (χ1) is 16.5. The van der Waals surface area contributed by atoms with Crippen LogP contribution in [-0.2, 0) is 0 Å². The molecule has 1 amide bonds. The predicted octanol–water partition coefficient (Wildman–Crippen LogP) is 3.88. The zero-order valence-corrected chi connectivity index (χ0v) is 19.0. The Balaban J connectivity index is 1.47. The molecule has 7 heteroatoms. The number of rotatable bonds is 6. The molecule has 2 N–H and O–H groups in total. The zero-order chi connectivity index (χ0) is 23.7. The van der Waals surface area contributed by atoms with Crippen molar-refractivity contribution in [3.05, 3.63) is 107 Å². The van der Waals surface area contributed by atoms with Gasteiger partial charge in [-0.05, 0) is 36.5 Å². The van der Waals surface area contributed by atoms with E-state index in [1.807, 2.05) is 91.8 Å². The molecule has 2 heterocycles. The average molecular weight is 452 g/mol. The Morgan fingerprint density at radius 2 is 1.74 bits per heavy atom. The van der Waals surface area contributed by atoms with Crippen LogP contribution in [0.4, 0.5) is 0 Å². The van der Waals surface area contributed by atoms with Crippen LogP contribution in [0.15, 0.2) is 89.9 Å². The highest BCUT2D eigenvalue weighted by Crippen LogP contribution is 2.23. The quantitative estimate of drug-likeness (QED) is 0.411. The van der Waals surface area contributed by atoms with E-state index in [1.165, 1.54) is 10.6 Å². The Morgan fingerprint density at radius 1 is 1.00 bits per heavy atom. The SMILES string of the molecule is CN(C)C[C@H](NC(=O)c1cc2c(=O)[nH]c(-c3ccc4ccccc4c3)cn2n1)c1ccccc1. The van der Waals surface area contributed by atoms with Crippen molar-refractivity contribution in [1.29, 1.82) is 0 Å². The molecule has 34 heavy (non-hydrogen) atoms. The molecule has 0 saturated carbocycles. The topological polar surface area (TPSA) is 82.5 Å². The van der Waals surface area contributed by atoms with Crippen LogP contribution in [0.25, 0.3) is 27.5 Å². The second kappa shape index (κ2) is 8.96. The molecular formula is C27H25N5O2. The number of hydrogen-bond donors (Lipinski definition) is 2. The lowest BCUT2D eigenvalue weighted by atomic mass is 10.1. The van der Waals surface area contributed by atoms with Crippen molar-refractivity contribution in [2.75, 3.05) is 20.6 Å². The Kier molecular flexibility index (Phi) is 5.69. The van der Waals surface area contributed by atoms with Gasteiger partial charge in [-0.2, -0.15) is 5.10 Å². The predicted molar refractivity (Wildman–Crippen MR) is 134 cm³/mol. The summed E-state index contributed by atoms with van der Waals surface area (Å²) in [7, 11) is 3.92. The molecule has 3 aromatic carbocycles. The fourth-order valence-electron chi connectivity index (χ4n) is 4.13. The number of benzene rings is 3. The van der Waals surface area contributed by atoms with Gasteiger partial charge in [-0.15, -0.1) is 0 Å². The number of aromatic amines is 1. The summed E-state index contributed by atoms with van der Waals surface area (Å²) in [6.45, 7) is 0.635. The maximum absolute atomic E-state index is 13.1. The van der Waals surface area contributed by atoms with Crippen LogP contribution in [0.2, 0.25) is 0 Å². The van der Waals surface area contributed by atoms with Crippen LogP contribution in [0.1, 0.15) is 22.1 Å². The van der Waals surface area contributed by atoms with Gasteiger partial charge in [0.05, 0.1) is 17.9 Å². The number of likely N-dealkylation sites (N-methyl/N-ethyl adjacent to an activating group) is 1. The highest BCUT2D eigenvalue weighted by atomic mass is 16.2. The lowest BCUT2D eigenvalue weighted by Crippen LogP contribution is -2.35. The monoisotopic (exact) mass is 451 g/mol. The van der Waals surface area contributed by atoms with E-state index in [1.54, 1.807) is 6.20 Å². The minimum atomic E-state index is -0.328. The molecule has 2 aromatic heterocycles. The summed E-state index contributed by atoms with van der Waals surface area (Å²) >= 11 is 0. The molecule has 0 radical (unpaired) electrons. The molecule has 0 spiro atoms. The van der Waals surface area contributed by atoms with Gasteiger partial charge >= 0.3 is 0 Å². The number of carbonyl (C=O) groups is 1. The molecule has 0 aliphatic carbocycles. The van der Waals surface area contributed by atoms with E-state index >= 15 is 0 Å². The van der Waals surface area contributed by atoms with Crippen molar-refractivity contribution in [3.63, 3.8) is 0 Å².